The smallest absolute Gasteiger partial charge is 0.0642 e. The minimum absolute atomic E-state index is 0.861. The zero-order valence-corrected chi connectivity index (χ0v) is 32.5. The summed E-state index contributed by atoms with van der Waals surface area (Å²) in [7, 11) is 0. The second-order valence-corrected chi connectivity index (χ2v) is 14.3. The third kappa shape index (κ3) is 14.4. The van der Waals surface area contributed by atoms with Gasteiger partial charge in [0, 0.05) is 0 Å². The predicted octanol–water partition coefficient (Wildman–Crippen LogP) is 15.1. The van der Waals surface area contributed by atoms with Crippen molar-refractivity contribution < 1.29 is 0 Å². The number of nitrogens with zero attached hydrogens (tertiary/aromatic N) is 2. The minimum atomic E-state index is 0.861. The van der Waals surface area contributed by atoms with Gasteiger partial charge in [-0.15, -0.1) is 0 Å². The van der Waals surface area contributed by atoms with Gasteiger partial charge in [-0.25, -0.2) is 0 Å². The second kappa shape index (κ2) is 24.2. The Bertz CT molecular complexity index is 1400. The van der Waals surface area contributed by atoms with Crippen LogP contribution in [0.3, 0.4) is 0 Å². The molecule has 0 amide bonds. The first kappa shape index (κ1) is 40.4. The topological polar surface area (TPSA) is 24.7 Å². The molecule has 0 spiro atoms. The molecule has 2 nitrogen and oxygen atoms in total. The van der Waals surface area contributed by atoms with Crippen molar-refractivity contribution in [2.24, 2.45) is 9.98 Å². The zero-order chi connectivity index (χ0) is 35.1. The van der Waals surface area contributed by atoms with Crippen LogP contribution in [0.25, 0.3) is 11.1 Å². The van der Waals surface area contributed by atoms with Gasteiger partial charge in [0.2, 0.25) is 0 Å². The largest absolute Gasteiger partial charge is 0.252 e. The molecule has 0 aliphatic rings. The van der Waals surface area contributed by atoms with Crippen LogP contribution in [0.1, 0.15) is 173 Å². The lowest BCUT2D eigenvalue weighted by Crippen LogP contribution is -2.09. The second-order valence-electron chi connectivity index (χ2n) is 14.3. The van der Waals surface area contributed by atoms with Crippen molar-refractivity contribution in [2.75, 3.05) is 0 Å². The maximum absolute atomic E-state index is 5.36. The molecule has 0 fully saturated rings. The number of rotatable bonds is 25. The molecule has 0 bridgehead atoms. The van der Waals surface area contributed by atoms with Crippen LogP contribution >= 0.6 is 0 Å². The quantitative estimate of drug-likeness (QED) is 0.0637. The first-order chi connectivity index (χ1) is 24.0. The fourth-order valence-electron chi connectivity index (χ4n) is 7.10. The summed E-state index contributed by atoms with van der Waals surface area (Å²) in [5, 5.41) is 0. The van der Waals surface area contributed by atoms with E-state index in [1.807, 2.05) is 0 Å². The monoisotopic (exact) mass is 663 g/mol. The Morgan fingerprint density at radius 2 is 1.02 bits per heavy atom. The molecule has 2 heteroatoms. The molecule has 0 saturated carbocycles. The van der Waals surface area contributed by atoms with Crippen molar-refractivity contribution in [1.29, 1.82) is 0 Å². The normalized spacial score (nSPS) is 12.2. The molecule has 0 aromatic heterocycles. The lowest BCUT2D eigenvalue weighted by Gasteiger charge is -2.18. The van der Waals surface area contributed by atoms with Crippen LogP contribution in [0.2, 0.25) is 0 Å². The van der Waals surface area contributed by atoms with Gasteiger partial charge in [0.25, 0.3) is 0 Å². The van der Waals surface area contributed by atoms with Gasteiger partial charge in [0.15, 0.2) is 0 Å². The average Bonchev–Trinajstić information content (AvgIpc) is 3.12. The van der Waals surface area contributed by atoms with E-state index in [1.54, 1.807) is 5.56 Å². The molecule has 49 heavy (non-hydrogen) atoms. The van der Waals surface area contributed by atoms with E-state index in [0.29, 0.717) is 0 Å². The summed E-state index contributed by atoms with van der Waals surface area (Å²) in [6.45, 7) is 13.6. The van der Waals surface area contributed by atoms with Crippen LogP contribution in [0.5, 0.6) is 0 Å². The molecule has 0 heterocycles. The Morgan fingerprint density at radius 3 is 1.67 bits per heavy atom. The van der Waals surface area contributed by atoms with Crippen molar-refractivity contribution in [2.45, 2.75) is 176 Å². The van der Waals surface area contributed by atoms with E-state index in [9.17, 15) is 0 Å². The van der Waals surface area contributed by atoms with Gasteiger partial charge in [0.05, 0.1) is 22.8 Å². The molecular weight excluding hydrogens is 593 g/mol. The fourth-order valence-corrected chi connectivity index (χ4v) is 7.10. The van der Waals surface area contributed by atoms with E-state index in [0.717, 1.165) is 48.5 Å². The molecule has 0 aliphatic carbocycles. The first-order valence-electron chi connectivity index (χ1n) is 20.5. The highest BCUT2D eigenvalue weighted by atomic mass is 14.8. The number of benzene rings is 3. The molecule has 3 aromatic rings. The van der Waals surface area contributed by atoms with E-state index < -0.39 is 0 Å². The van der Waals surface area contributed by atoms with E-state index in [4.69, 9.17) is 9.98 Å². The summed E-state index contributed by atoms with van der Waals surface area (Å²) < 4.78 is 0. The van der Waals surface area contributed by atoms with Crippen LogP contribution < -0.4 is 0 Å². The number of aliphatic imine (C=N–C) groups is 2. The average molecular weight is 663 g/mol. The van der Waals surface area contributed by atoms with Crippen LogP contribution in [0, 0.1) is 0 Å². The van der Waals surface area contributed by atoms with Crippen molar-refractivity contribution >= 4 is 22.8 Å². The molecule has 0 saturated heterocycles. The summed E-state index contributed by atoms with van der Waals surface area (Å²) in [6.07, 6.45) is 26.2. The zero-order valence-electron chi connectivity index (χ0n) is 32.5. The molecular formula is C47H70N2. The Hall–Kier alpha value is -3.00. The molecule has 0 N–H and O–H groups in total. The van der Waals surface area contributed by atoms with Gasteiger partial charge in [-0.3, -0.25) is 9.98 Å². The maximum Gasteiger partial charge on any atom is 0.0642 e. The number of hydrogen-bond acceptors (Lipinski definition) is 2. The van der Waals surface area contributed by atoms with Crippen molar-refractivity contribution in [3.63, 3.8) is 0 Å². The summed E-state index contributed by atoms with van der Waals surface area (Å²) in [5.41, 5.74) is 13.0. The highest BCUT2D eigenvalue weighted by molar-refractivity contribution is 6.42. The SMILES string of the molecule is CCCCCCCCc1ccc(N=C(C)C(CC)=Nc2cc(CCCCCC)c(CCCCCC)c(-c3ccccc3)c2)cc1CCCC. The summed E-state index contributed by atoms with van der Waals surface area (Å²) in [5.74, 6) is 0. The maximum atomic E-state index is 5.36. The molecule has 3 aromatic carbocycles. The van der Waals surface area contributed by atoms with Gasteiger partial charge in [-0.2, -0.15) is 0 Å². The van der Waals surface area contributed by atoms with Crippen molar-refractivity contribution in [3.05, 3.63) is 82.9 Å². The summed E-state index contributed by atoms with van der Waals surface area (Å²) in [4.78, 5) is 10.6. The molecule has 0 aliphatic heterocycles. The standard InChI is InChI=1S/C47H70N2/c1-7-12-16-19-20-23-28-39-33-34-43(35-41(39)27-15-10-4)48-38(6)47(11-5)49-44-36-42(31-22-17-13-8-2)45(32-26-18-14-9-3)46(37-44)40-29-24-21-25-30-40/h21,24-25,29-30,33-37H,7-20,22-23,26-28,31-32H2,1-6H3. The van der Waals surface area contributed by atoms with Crippen LogP contribution in [0.4, 0.5) is 11.4 Å². The molecule has 3 rings (SSSR count). The van der Waals surface area contributed by atoms with E-state index >= 15 is 0 Å². The van der Waals surface area contributed by atoms with E-state index in [-0.39, 0.29) is 0 Å². The van der Waals surface area contributed by atoms with Crippen LogP contribution in [0.15, 0.2) is 70.6 Å². The third-order valence-electron chi connectivity index (χ3n) is 10.1. The van der Waals surface area contributed by atoms with Crippen molar-refractivity contribution in [3.8, 4) is 11.1 Å². The third-order valence-corrected chi connectivity index (χ3v) is 10.1. The van der Waals surface area contributed by atoms with Gasteiger partial charge in [0.1, 0.15) is 0 Å². The Kier molecular flexibility index (Phi) is 20.0. The predicted molar refractivity (Wildman–Crippen MR) is 220 cm³/mol. The first-order valence-corrected chi connectivity index (χ1v) is 20.5. The highest BCUT2D eigenvalue weighted by Crippen LogP contribution is 2.34. The molecule has 0 atom stereocenters. The summed E-state index contributed by atoms with van der Waals surface area (Å²) in [6, 6.07) is 22.8. The van der Waals surface area contributed by atoms with Gasteiger partial charge in [-0.1, -0.05) is 148 Å². The highest BCUT2D eigenvalue weighted by Gasteiger charge is 2.14. The molecule has 0 unspecified atom stereocenters. The minimum Gasteiger partial charge on any atom is -0.252 e. The number of unbranched alkanes of at least 4 members (excludes halogenated alkanes) is 12. The Labute approximate surface area is 302 Å². The lowest BCUT2D eigenvalue weighted by molar-refractivity contribution is 0.606. The summed E-state index contributed by atoms with van der Waals surface area (Å²) >= 11 is 0. The van der Waals surface area contributed by atoms with Gasteiger partial charge >= 0.3 is 0 Å². The van der Waals surface area contributed by atoms with Gasteiger partial charge < -0.3 is 0 Å². The lowest BCUT2D eigenvalue weighted by atomic mass is 9.88. The molecule has 0 radical (unpaired) electrons. The molecule has 268 valence electrons. The van der Waals surface area contributed by atoms with Crippen molar-refractivity contribution in [1.82, 2.24) is 0 Å². The fraction of sp³-hybridized carbons (Fsp3) is 0.574. The van der Waals surface area contributed by atoms with Crippen LogP contribution in [-0.2, 0) is 25.7 Å². The van der Waals surface area contributed by atoms with E-state index in [2.05, 4.69) is 102 Å². The van der Waals surface area contributed by atoms with Crippen LogP contribution in [-0.4, -0.2) is 11.4 Å². The Morgan fingerprint density at radius 1 is 0.469 bits per heavy atom. The van der Waals surface area contributed by atoms with Gasteiger partial charge in [-0.05, 0) is 122 Å². The number of aryl methyl sites for hydroxylation is 3. The van der Waals surface area contributed by atoms with E-state index in [1.165, 1.54) is 137 Å². The Balaban J connectivity index is 1.95. The number of hydrogen-bond donors (Lipinski definition) is 0.